The summed E-state index contributed by atoms with van der Waals surface area (Å²) in [4.78, 5) is 12.4. The molecule has 0 bridgehead atoms. The van der Waals surface area contributed by atoms with Crippen LogP contribution in [0.15, 0.2) is 24.3 Å². The number of ether oxygens (including phenoxy) is 1. The molecule has 0 atom stereocenters. The van der Waals surface area contributed by atoms with Crippen molar-refractivity contribution in [2.24, 2.45) is 11.7 Å². The minimum Gasteiger partial charge on any atom is -0.508 e. The normalized spacial score (nSPS) is 17.2. The van der Waals surface area contributed by atoms with Crippen LogP contribution in [0.3, 0.4) is 0 Å². The molecule has 3 N–H and O–H groups in total. The minimum absolute atomic E-state index is 0.0799. The van der Waals surface area contributed by atoms with Crippen molar-refractivity contribution >= 4 is 11.6 Å². The number of phenolic OH excluding ortho intramolecular Hbond substituents is 1. The molecule has 1 aliphatic heterocycles. The number of nitrogens with two attached hydrogens (primary N) is 1. The van der Waals surface area contributed by atoms with Crippen molar-refractivity contribution in [1.29, 1.82) is 0 Å². The molecule has 0 unspecified atom stereocenters. The van der Waals surface area contributed by atoms with Crippen LogP contribution in [-0.2, 0) is 9.53 Å². The summed E-state index contributed by atoms with van der Waals surface area (Å²) < 4.78 is 4.94. The van der Waals surface area contributed by atoms with Gasteiger partial charge in [-0.1, -0.05) is 6.07 Å². The van der Waals surface area contributed by atoms with Crippen LogP contribution in [0.25, 0.3) is 0 Å². The second-order valence-corrected chi connectivity index (χ2v) is 5.64. The number of benzene rings is 1. The molecule has 1 amide bonds. The number of hydrogen-bond acceptors (Lipinski definition) is 4. The fourth-order valence-corrected chi connectivity index (χ4v) is 2.28. The van der Waals surface area contributed by atoms with Gasteiger partial charge in [0.2, 0.25) is 5.91 Å². The quantitative estimate of drug-likeness (QED) is 0.869. The third-order valence-corrected chi connectivity index (χ3v) is 3.60. The summed E-state index contributed by atoms with van der Waals surface area (Å²) in [5.74, 6) is 0.694. The van der Waals surface area contributed by atoms with Gasteiger partial charge in [-0.25, -0.2) is 0 Å². The highest BCUT2D eigenvalue weighted by atomic mass is 16.5. The van der Waals surface area contributed by atoms with E-state index in [0.717, 1.165) is 18.8 Å². The number of hydrogen-bond donors (Lipinski definition) is 2. The highest BCUT2D eigenvalue weighted by Crippen LogP contribution is 2.28. The molecule has 3 rings (SSSR count). The average molecular weight is 292 g/mol. The molecule has 1 saturated heterocycles. The number of carbonyl (C=O) groups excluding carboxylic acids is 1. The number of nitrogens with zero attached hydrogens (tertiary/aromatic N) is 1. The first-order valence-electron chi connectivity index (χ1n) is 7.55. The average Bonchev–Trinajstić information content (AvgIpc) is 3.11. The summed E-state index contributed by atoms with van der Waals surface area (Å²) in [6.45, 7) is 3.05. The van der Waals surface area contributed by atoms with Crippen LogP contribution in [0, 0.1) is 5.92 Å². The van der Waals surface area contributed by atoms with Gasteiger partial charge in [0, 0.05) is 24.8 Å². The Labute approximate surface area is 125 Å². The second kappa shape index (κ2) is 7.88. The molecule has 1 aromatic rings. The lowest BCUT2D eigenvalue weighted by Gasteiger charge is -2.17. The molecule has 5 nitrogen and oxygen atoms in total. The molecule has 0 spiro atoms. The van der Waals surface area contributed by atoms with Crippen LogP contribution in [0.2, 0.25) is 0 Å². The Bertz CT molecular complexity index is 455. The van der Waals surface area contributed by atoms with Crippen molar-refractivity contribution in [1.82, 2.24) is 0 Å². The van der Waals surface area contributed by atoms with E-state index in [-0.39, 0.29) is 12.5 Å². The van der Waals surface area contributed by atoms with Crippen molar-refractivity contribution in [3.8, 4) is 5.75 Å². The first-order valence-corrected chi connectivity index (χ1v) is 7.55. The van der Waals surface area contributed by atoms with E-state index < -0.39 is 0 Å². The topological polar surface area (TPSA) is 75.8 Å². The number of phenols is 1. The van der Waals surface area contributed by atoms with Crippen LogP contribution in [0.4, 0.5) is 5.69 Å². The van der Waals surface area contributed by atoms with Crippen LogP contribution >= 0.6 is 0 Å². The third kappa shape index (κ3) is 6.04. The highest BCUT2D eigenvalue weighted by Gasteiger charge is 2.21. The molecule has 0 radical (unpaired) electrons. The molecule has 1 heterocycles. The molecule has 1 saturated carbocycles. The molecule has 0 aromatic heterocycles. The molecule has 2 aliphatic rings. The van der Waals surface area contributed by atoms with Crippen LogP contribution in [0.1, 0.15) is 25.7 Å². The number of primary amides is 1. The SMILES string of the molecule is NC(=O)COCC1CC1.Oc1cccc(N2CCCC2)c1. The Morgan fingerprint density at radius 2 is 2.05 bits per heavy atom. The van der Waals surface area contributed by atoms with E-state index in [1.807, 2.05) is 18.2 Å². The van der Waals surface area contributed by atoms with Gasteiger partial charge >= 0.3 is 0 Å². The van der Waals surface area contributed by atoms with Gasteiger partial charge in [-0.05, 0) is 43.7 Å². The summed E-state index contributed by atoms with van der Waals surface area (Å²) in [6, 6.07) is 7.47. The van der Waals surface area contributed by atoms with Gasteiger partial charge < -0.3 is 20.5 Å². The summed E-state index contributed by atoms with van der Waals surface area (Å²) in [5.41, 5.74) is 5.98. The standard InChI is InChI=1S/C10H13NO.C6H11NO2/c12-10-5-3-4-9(8-10)11-6-1-2-7-11;7-6(8)4-9-3-5-1-2-5/h3-5,8,12H,1-2,6-7H2;5H,1-4H2,(H2,7,8). The molecule has 116 valence electrons. The van der Waals surface area contributed by atoms with Crippen molar-refractivity contribution in [3.05, 3.63) is 24.3 Å². The van der Waals surface area contributed by atoms with E-state index in [4.69, 9.17) is 10.5 Å². The summed E-state index contributed by atoms with van der Waals surface area (Å²) in [5, 5.41) is 9.25. The fraction of sp³-hybridized carbons (Fsp3) is 0.562. The Hall–Kier alpha value is -1.75. The fourth-order valence-electron chi connectivity index (χ4n) is 2.28. The van der Waals surface area contributed by atoms with Crippen LogP contribution in [0.5, 0.6) is 5.75 Å². The Morgan fingerprint density at radius 1 is 1.33 bits per heavy atom. The molecule has 5 heteroatoms. The van der Waals surface area contributed by atoms with Gasteiger partial charge in [0.05, 0.1) is 6.61 Å². The van der Waals surface area contributed by atoms with Crippen molar-refractivity contribution in [3.63, 3.8) is 0 Å². The Kier molecular flexibility index (Phi) is 5.87. The zero-order valence-corrected chi connectivity index (χ0v) is 12.3. The first kappa shape index (κ1) is 15.6. The number of aromatic hydroxyl groups is 1. The third-order valence-electron chi connectivity index (χ3n) is 3.60. The molecule has 21 heavy (non-hydrogen) atoms. The largest absolute Gasteiger partial charge is 0.508 e. The van der Waals surface area contributed by atoms with Gasteiger partial charge in [0.1, 0.15) is 12.4 Å². The lowest BCUT2D eigenvalue weighted by atomic mass is 10.3. The molecule has 1 aliphatic carbocycles. The molecule has 2 fully saturated rings. The maximum absolute atomic E-state index is 10.1. The second-order valence-electron chi connectivity index (χ2n) is 5.64. The number of anilines is 1. The van der Waals surface area contributed by atoms with E-state index >= 15 is 0 Å². The first-order chi connectivity index (χ1) is 10.1. The number of rotatable bonds is 5. The maximum atomic E-state index is 10.1. The molecular formula is C16H24N2O3. The van der Waals surface area contributed by atoms with Crippen LogP contribution in [-0.4, -0.2) is 37.3 Å². The lowest BCUT2D eigenvalue weighted by molar-refractivity contribution is -0.122. The van der Waals surface area contributed by atoms with Crippen LogP contribution < -0.4 is 10.6 Å². The minimum atomic E-state index is -0.379. The van der Waals surface area contributed by atoms with Gasteiger partial charge in [0.15, 0.2) is 0 Å². The van der Waals surface area contributed by atoms with Gasteiger partial charge in [-0.15, -0.1) is 0 Å². The lowest BCUT2D eigenvalue weighted by Crippen LogP contribution is -2.18. The Balaban J connectivity index is 0.000000161. The van der Waals surface area contributed by atoms with E-state index in [9.17, 15) is 9.90 Å². The number of amides is 1. The van der Waals surface area contributed by atoms with Crippen molar-refractivity contribution in [2.45, 2.75) is 25.7 Å². The smallest absolute Gasteiger partial charge is 0.243 e. The predicted octanol–water partition coefficient (Wildman–Crippen LogP) is 1.89. The summed E-state index contributed by atoms with van der Waals surface area (Å²) >= 11 is 0. The van der Waals surface area contributed by atoms with Gasteiger partial charge in [-0.2, -0.15) is 0 Å². The zero-order chi connectivity index (χ0) is 15.1. The monoisotopic (exact) mass is 292 g/mol. The van der Waals surface area contributed by atoms with Gasteiger partial charge in [0.25, 0.3) is 0 Å². The van der Waals surface area contributed by atoms with E-state index in [1.54, 1.807) is 6.07 Å². The molecular weight excluding hydrogens is 268 g/mol. The summed E-state index contributed by atoms with van der Waals surface area (Å²) in [6.07, 6.45) is 5.04. The van der Waals surface area contributed by atoms with E-state index in [0.29, 0.717) is 18.3 Å². The number of carbonyl (C=O) groups is 1. The van der Waals surface area contributed by atoms with Crippen molar-refractivity contribution < 1.29 is 14.6 Å². The maximum Gasteiger partial charge on any atom is 0.243 e. The van der Waals surface area contributed by atoms with E-state index in [1.165, 1.54) is 25.7 Å². The summed E-state index contributed by atoms with van der Waals surface area (Å²) in [7, 11) is 0. The highest BCUT2D eigenvalue weighted by molar-refractivity contribution is 5.74. The van der Waals surface area contributed by atoms with E-state index in [2.05, 4.69) is 4.90 Å². The molecule has 1 aromatic carbocycles. The zero-order valence-electron chi connectivity index (χ0n) is 12.3. The Morgan fingerprint density at radius 3 is 2.62 bits per heavy atom. The predicted molar refractivity (Wildman–Crippen MR) is 82.3 cm³/mol. The van der Waals surface area contributed by atoms with Crippen molar-refractivity contribution in [2.75, 3.05) is 31.2 Å². The van der Waals surface area contributed by atoms with Gasteiger partial charge in [-0.3, -0.25) is 4.79 Å².